The normalized spacial score (nSPS) is 6.57. The van der Waals surface area contributed by atoms with Gasteiger partial charge >= 0.3 is 5.97 Å². The van der Waals surface area contributed by atoms with Gasteiger partial charge in [-0.1, -0.05) is 0 Å². The molecular formula is C3H7NNaO2. The molecule has 0 bridgehead atoms. The number of esters is 1. The van der Waals surface area contributed by atoms with Crippen molar-refractivity contribution in [3.63, 3.8) is 0 Å². The number of rotatable bonds is 1. The molecule has 0 aromatic heterocycles. The Balaban J connectivity index is 0. The molecule has 0 aliphatic heterocycles. The average molecular weight is 112 g/mol. The Kier molecular flexibility index (Phi) is 9.57. The van der Waals surface area contributed by atoms with Crippen LogP contribution in [0.3, 0.4) is 0 Å². The van der Waals surface area contributed by atoms with Gasteiger partial charge in [-0.2, -0.15) is 0 Å². The van der Waals surface area contributed by atoms with Crippen LogP contribution in [0.2, 0.25) is 0 Å². The molecule has 2 N–H and O–H groups in total. The second kappa shape index (κ2) is 6.43. The average Bonchev–Trinajstić information content (AvgIpc) is 1.65. The topological polar surface area (TPSA) is 52.3 Å². The Morgan fingerprint density at radius 1 is 1.86 bits per heavy atom. The van der Waals surface area contributed by atoms with Gasteiger partial charge < -0.3 is 10.5 Å². The molecule has 4 heteroatoms. The molecule has 0 rings (SSSR count). The number of nitrogens with two attached hydrogens (primary N) is 1. The zero-order valence-electron chi connectivity index (χ0n) is 4.60. The molecule has 0 saturated carbocycles. The molecule has 0 aliphatic rings. The van der Waals surface area contributed by atoms with E-state index in [0.29, 0.717) is 0 Å². The molecule has 0 saturated heterocycles. The predicted octanol–water partition coefficient (Wildman–Crippen LogP) is -1.26. The van der Waals surface area contributed by atoms with Crippen LogP contribution in [-0.4, -0.2) is 49.2 Å². The van der Waals surface area contributed by atoms with Crippen molar-refractivity contribution in [2.24, 2.45) is 5.73 Å². The first-order valence-corrected chi connectivity index (χ1v) is 1.58. The quantitative estimate of drug-likeness (QED) is 0.340. The van der Waals surface area contributed by atoms with E-state index in [-0.39, 0.29) is 42.1 Å². The van der Waals surface area contributed by atoms with Gasteiger partial charge in [0, 0.05) is 29.6 Å². The van der Waals surface area contributed by atoms with E-state index in [9.17, 15) is 4.79 Å². The Hall–Kier alpha value is 0.430. The van der Waals surface area contributed by atoms with Gasteiger partial charge in [0.25, 0.3) is 0 Å². The standard InChI is InChI=1S/C3H7NO2.Na/c1-6-3(5)2-4;/h2,4H2,1H3;. The van der Waals surface area contributed by atoms with Crippen LogP contribution in [0.15, 0.2) is 0 Å². The van der Waals surface area contributed by atoms with Crippen LogP contribution in [0, 0.1) is 0 Å². The molecule has 0 fully saturated rings. The van der Waals surface area contributed by atoms with Crippen molar-refractivity contribution < 1.29 is 9.53 Å². The summed E-state index contributed by atoms with van der Waals surface area (Å²) in [4.78, 5) is 9.83. The molecule has 0 aliphatic carbocycles. The van der Waals surface area contributed by atoms with Crippen molar-refractivity contribution in [2.45, 2.75) is 0 Å². The van der Waals surface area contributed by atoms with Crippen molar-refractivity contribution in [1.82, 2.24) is 0 Å². The third-order valence-electron chi connectivity index (χ3n) is 0.394. The number of hydrogen-bond donors (Lipinski definition) is 1. The monoisotopic (exact) mass is 112 g/mol. The van der Waals surface area contributed by atoms with E-state index < -0.39 is 0 Å². The largest absolute Gasteiger partial charge is 0.468 e. The van der Waals surface area contributed by atoms with Gasteiger partial charge in [0.05, 0.1) is 13.7 Å². The van der Waals surface area contributed by atoms with Gasteiger partial charge in [-0.25, -0.2) is 0 Å². The summed E-state index contributed by atoms with van der Waals surface area (Å²) in [7, 11) is 1.30. The van der Waals surface area contributed by atoms with E-state index in [1.54, 1.807) is 0 Å². The van der Waals surface area contributed by atoms with Gasteiger partial charge in [0.2, 0.25) is 0 Å². The van der Waals surface area contributed by atoms with Crippen molar-refractivity contribution in [2.75, 3.05) is 13.7 Å². The summed E-state index contributed by atoms with van der Waals surface area (Å²) >= 11 is 0. The summed E-state index contributed by atoms with van der Waals surface area (Å²) in [5, 5.41) is 0. The molecule has 37 valence electrons. The van der Waals surface area contributed by atoms with Crippen LogP contribution in [0.1, 0.15) is 0 Å². The zero-order chi connectivity index (χ0) is 4.99. The third kappa shape index (κ3) is 6.43. The van der Waals surface area contributed by atoms with Gasteiger partial charge in [0.15, 0.2) is 0 Å². The molecule has 0 aromatic rings. The Labute approximate surface area is 64.5 Å². The number of carbonyl (C=O) groups is 1. The number of ether oxygens (including phenoxy) is 1. The van der Waals surface area contributed by atoms with E-state index in [1.165, 1.54) is 7.11 Å². The van der Waals surface area contributed by atoms with Crippen LogP contribution in [0.5, 0.6) is 0 Å². The first-order chi connectivity index (χ1) is 2.81. The van der Waals surface area contributed by atoms with Crippen LogP contribution in [0.25, 0.3) is 0 Å². The number of hydrogen-bond acceptors (Lipinski definition) is 3. The van der Waals surface area contributed by atoms with E-state index in [1.807, 2.05) is 0 Å². The SMILES string of the molecule is COC(=O)CN.[Na]. The fourth-order valence-electron chi connectivity index (χ4n) is 0.0833. The van der Waals surface area contributed by atoms with Crippen molar-refractivity contribution in [1.29, 1.82) is 0 Å². The maximum absolute atomic E-state index is 9.83. The first kappa shape index (κ1) is 10.4. The van der Waals surface area contributed by atoms with Gasteiger partial charge in [-0.15, -0.1) is 0 Å². The van der Waals surface area contributed by atoms with Crippen LogP contribution in [0.4, 0.5) is 0 Å². The third-order valence-corrected chi connectivity index (χ3v) is 0.394. The summed E-state index contributed by atoms with van der Waals surface area (Å²) < 4.78 is 4.14. The maximum atomic E-state index is 9.83. The minimum Gasteiger partial charge on any atom is -0.468 e. The Morgan fingerprint density at radius 3 is 2.29 bits per heavy atom. The van der Waals surface area contributed by atoms with Crippen LogP contribution >= 0.6 is 0 Å². The maximum Gasteiger partial charge on any atom is 0.319 e. The second-order valence-electron chi connectivity index (χ2n) is 0.780. The first-order valence-electron chi connectivity index (χ1n) is 1.58. The van der Waals surface area contributed by atoms with Gasteiger partial charge in [-0.3, -0.25) is 4.79 Å². The van der Waals surface area contributed by atoms with E-state index >= 15 is 0 Å². The van der Waals surface area contributed by atoms with Crippen molar-refractivity contribution in [3.8, 4) is 0 Å². The van der Waals surface area contributed by atoms with E-state index in [0.717, 1.165) is 0 Å². The number of methoxy groups -OCH3 is 1. The summed E-state index contributed by atoms with van der Waals surface area (Å²) in [5.74, 6) is -0.380. The van der Waals surface area contributed by atoms with Crippen LogP contribution < -0.4 is 5.73 Å². The molecule has 1 radical (unpaired) electrons. The minimum absolute atomic E-state index is 0. The summed E-state index contributed by atoms with van der Waals surface area (Å²) in [6.45, 7) is -0.0312. The molecule has 7 heavy (non-hydrogen) atoms. The van der Waals surface area contributed by atoms with Crippen LogP contribution in [-0.2, 0) is 9.53 Å². The summed E-state index contributed by atoms with van der Waals surface area (Å²) in [5.41, 5.74) is 4.81. The predicted molar refractivity (Wildman–Crippen MR) is 26.8 cm³/mol. The molecule has 0 spiro atoms. The van der Waals surface area contributed by atoms with E-state index in [2.05, 4.69) is 4.74 Å². The molecular weight excluding hydrogens is 105 g/mol. The molecule has 3 nitrogen and oxygen atoms in total. The smallest absolute Gasteiger partial charge is 0.319 e. The van der Waals surface area contributed by atoms with Crippen molar-refractivity contribution in [3.05, 3.63) is 0 Å². The molecule has 0 unspecified atom stereocenters. The van der Waals surface area contributed by atoms with Crippen molar-refractivity contribution >= 4 is 35.5 Å². The molecule has 0 heterocycles. The van der Waals surface area contributed by atoms with Gasteiger partial charge in [-0.05, 0) is 0 Å². The number of carbonyl (C=O) groups excluding carboxylic acids is 1. The van der Waals surface area contributed by atoms with E-state index in [4.69, 9.17) is 5.73 Å². The second-order valence-corrected chi connectivity index (χ2v) is 0.780. The fraction of sp³-hybridized carbons (Fsp3) is 0.667. The molecule has 0 aromatic carbocycles. The zero-order valence-corrected chi connectivity index (χ0v) is 6.60. The Morgan fingerprint density at radius 2 is 2.29 bits per heavy atom. The van der Waals surface area contributed by atoms with Gasteiger partial charge in [0.1, 0.15) is 0 Å². The molecule has 0 amide bonds. The molecule has 0 atom stereocenters. The summed E-state index contributed by atoms with van der Waals surface area (Å²) in [6, 6.07) is 0. The summed E-state index contributed by atoms with van der Waals surface area (Å²) in [6.07, 6.45) is 0. The Bertz CT molecular complexity index is 50.9. The minimum atomic E-state index is -0.380. The fourth-order valence-corrected chi connectivity index (χ4v) is 0.0833.